The molecule has 0 saturated carbocycles. The molecule has 3 heterocycles. The zero-order chi connectivity index (χ0) is 22.7. The topological polar surface area (TPSA) is 109 Å². The van der Waals surface area contributed by atoms with Gasteiger partial charge in [0.25, 0.3) is 0 Å². The second-order valence-electron chi connectivity index (χ2n) is 7.77. The molecule has 1 saturated heterocycles. The minimum Gasteiger partial charge on any atom is -0.353 e. The van der Waals surface area contributed by atoms with E-state index in [-0.39, 0.29) is 11.9 Å². The van der Waals surface area contributed by atoms with Crippen LogP contribution in [0.3, 0.4) is 0 Å². The van der Waals surface area contributed by atoms with Crippen molar-refractivity contribution in [2.75, 3.05) is 35.7 Å². The number of aromatic nitrogens is 3. The number of hydrogen-bond acceptors (Lipinski definition) is 8. The molecular formula is C22H27N7O2S. The highest BCUT2D eigenvalue weighted by Crippen LogP contribution is 2.31. The molecule has 0 atom stereocenters. The highest BCUT2D eigenvalue weighted by atomic mass is 32.2. The summed E-state index contributed by atoms with van der Waals surface area (Å²) in [5.74, 6) is 2.33. The van der Waals surface area contributed by atoms with E-state index in [1.165, 1.54) is 16.8 Å². The third-order valence-electron chi connectivity index (χ3n) is 5.17. The number of hydrogen-bond donors (Lipinski definition) is 4. The van der Waals surface area contributed by atoms with Crippen molar-refractivity contribution in [3.63, 3.8) is 0 Å². The molecule has 0 bridgehead atoms. The van der Waals surface area contributed by atoms with Crippen LogP contribution in [0.4, 0.5) is 23.1 Å². The first-order chi connectivity index (χ1) is 15.4. The third-order valence-corrected chi connectivity index (χ3v) is 6.04. The van der Waals surface area contributed by atoms with Gasteiger partial charge in [-0.15, -0.1) is 0 Å². The van der Waals surface area contributed by atoms with Crippen molar-refractivity contribution in [3.05, 3.63) is 48.2 Å². The first-order valence-corrected chi connectivity index (χ1v) is 11.3. The standard InChI is InChI=1S/C22H27N7O2S/c1-4-21(30)24-15-5-7-17(8-6-15)32-22-26-19(25-18-9-14(2)11-23-18)10-20(27-22)29-12-16(13-29)28(3)31/h5-11,16,23,31H,4,12-13H2,1-3H3,(H,24,30)(H,25,26,27). The van der Waals surface area contributed by atoms with Crippen LogP contribution in [-0.2, 0) is 4.79 Å². The fourth-order valence-electron chi connectivity index (χ4n) is 3.24. The van der Waals surface area contributed by atoms with Gasteiger partial charge >= 0.3 is 0 Å². The fourth-order valence-corrected chi connectivity index (χ4v) is 4.00. The summed E-state index contributed by atoms with van der Waals surface area (Å²) >= 11 is 1.45. The number of aromatic amines is 1. The Kier molecular flexibility index (Phi) is 6.63. The number of carbonyl (C=O) groups is 1. The molecule has 0 aliphatic carbocycles. The van der Waals surface area contributed by atoms with Gasteiger partial charge in [0.15, 0.2) is 5.16 Å². The number of carbonyl (C=O) groups excluding carboxylic acids is 1. The van der Waals surface area contributed by atoms with Gasteiger partial charge in [-0.25, -0.2) is 9.97 Å². The number of nitrogens with zero attached hydrogens (tertiary/aromatic N) is 4. The van der Waals surface area contributed by atoms with E-state index in [9.17, 15) is 10.0 Å². The fraction of sp³-hybridized carbons (Fsp3) is 0.318. The number of likely N-dealkylation sites (N-methyl/N-ethyl adjacent to an activating group) is 1. The number of H-pyrrole nitrogens is 1. The smallest absolute Gasteiger partial charge is 0.224 e. The average molecular weight is 454 g/mol. The van der Waals surface area contributed by atoms with Crippen LogP contribution in [0.1, 0.15) is 18.9 Å². The molecule has 0 spiro atoms. The molecule has 0 unspecified atom stereocenters. The maximum absolute atomic E-state index is 11.6. The van der Waals surface area contributed by atoms with Crippen molar-refractivity contribution in [2.45, 2.75) is 36.4 Å². The van der Waals surface area contributed by atoms with Gasteiger partial charge < -0.3 is 25.7 Å². The van der Waals surface area contributed by atoms with E-state index in [0.29, 0.717) is 30.5 Å². The number of amides is 1. The number of anilines is 4. The summed E-state index contributed by atoms with van der Waals surface area (Å²) in [6, 6.07) is 11.6. The van der Waals surface area contributed by atoms with Crippen LogP contribution in [0, 0.1) is 6.92 Å². The van der Waals surface area contributed by atoms with Crippen LogP contribution in [0.2, 0.25) is 0 Å². The van der Waals surface area contributed by atoms with Gasteiger partial charge in [-0.1, -0.05) is 6.92 Å². The molecule has 10 heteroatoms. The predicted molar refractivity (Wildman–Crippen MR) is 126 cm³/mol. The molecule has 1 fully saturated rings. The van der Waals surface area contributed by atoms with Crippen molar-refractivity contribution in [1.82, 2.24) is 20.0 Å². The van der Waals surface area contributed by atoms with Gasteiger partial charge in [-0.2, -0.15) is 5.06 Å². The Labute approximate surface area is 191 Å². The Morgan fingerprint density at radius 1 is 1.28 bits per heavy atom. The lowest BCUT2D eigenvalue weighted by Gasteiger charge is -2.42. The quantitative estimate of drug-likeness (QED) is 0.301. The first kappa shape index (κ1) is 22.1. The van der Waals surface area contributed by atoms with Crippen molar-refractivity contribution in [2.24, 2.45) is 0 Å². The maximum Gasteiger partial charge on any atom is 0.224 e. The SMILES string of the molecule is CCC(=O)Nc1ccc(Sc2nc(Nc3cc(C)c[nH]3)cc(N3CC(N(C)O)C3)n2)cc1. The highest BCUT2D eigenvalue weighted by molar-refractivity contribution is 7.99. The van der Waals surface area contributed by atoms with E-state index in [1.54, 1.807) is 7.05 Å². The van der Waals surface area contributed by atoms with E-state index < -0.39 is 0 Å². The molecule has 4 rings (SSSR count). The van der Waals surface area contributed by atoms with Gasteiger partial charge in [0.1, 0.15) is 17.5 Å². The van der Waals surface area contributed by atoms with Crippen molar-refractivity contribution in [1.29, 1.82) is 0 Å². The third kappa shape index (κ3) is 5.39. The van der Waals surface area contributed by atoms with E-state index in [2.05, 4.69) is 25.5 Å². The molecule has 1 aromatic carbocycles. The summed E-state index contributed by atoms with van der Waals surface area (Å²) in [5, 5.41) is 17.7. The largest absolute Gasteiger partial charge is 0.353 e. The van der Waals surface area contributed by atoms with Gasteiger partial charge in [0, 0.05) is 49.4 Å². The van der Waals surface area contributed by atoms with Crippen molar-refractivity contribution in [3.8, 4) is 0 Å². The van der Waals surface area contributed by atoms with E-state index in [4.69, 9.17) is 4.98 Å². The minimum absolute atomic E-state index is 0.0157. The lowest BCUT2D eigenvalue weighted by Crippen LogP contribution is -2.58. The molecule has 1 amide bonds. The molecular weight excluding hydrogens is 426 g/mol. The van der Waals surface area contributed by atoms with Crippen molar-refractivity contribution >= 4 is 40.8 Å². The first-order valence-electron chi connectivity index (χ1n) is 10.4. The van der Waals surface area contributed by atoms with Crippen LogP contribution in [-0.4, -0.2) is 57.3 Å². The molecule has 1 aliphatic heterocycles. The normalized spacial score (nSPS) is 13.8. The number of aryl methyl sites for hydroxylation is 1. The molecule has 32 heavy (non-hydrogen) atoms. The molecule has 1 aliphatic rings. The van der Waals surface area contributed by atoms with Crippen LogP contribution in [0.25, 0.3) is 0 Å². The Balaban J connectivity index is 1.54. The maximum atomic E-state index is 11.6. The van der Waals surface area contributed by atoms with Gasteiger partial charge in [-0.05, 0) is 54.6 Å². The minimum atomic E-state index is -0.0157. The summed E-state index contributed by atoms with van der Waals surface area (Å²) < 4.78 is 0. The molecule has 0 radical (unpaired) electrons. The van der Waals surface area contributed by atoms with E-state index >= 15 is 0 Å². The van der Waals surface area contributed by atoms with E-state index in [1.807, 2.05) is 56.4 Å². The van der Waals surface area contributed by atoms with Crippen LogP contribution in [0.15, 0.2) is 52.6 Å². The Bertz CT molecular complexity index is 1080. The summed E-state index contributed by atoms with van der Waals surface area (Å²) in [4.78, 5) is 27.2. The van der Waals surface area contributed by atoms with Crippen molar-refractivity contribution < 1.29 is 10.0 Å². The van der Waals surface area contributed by atoms with Gasteiger partial charge in [-0.3, -0.25) is 4.79 Å². The van der Waals surface area contributed by atoms with Gasteiger partial charge in [0.05, 0.1) is 6.04 Å². The second kappa shape index (κ2) is 9.60. The summed E-state index contributed by atoms with van der Waals surface area (Å²) in [5.41, 5.74) is 1.89. The van der Waals surface area contributed by atoms with Crippen LogP contribution >= 0.6 is 11.8 Å². The Morgan fingerprint density at radius 3 is 2.66 bits per heavy atom. The monoisotopic (exact) mass is 453 g/mol. The van der Waals surface area contributed by atoms with Gasteiger partial charge in [0.2, 0.25) is 5.91 Å². The molecule has 2 aromatic heterocycles. The number of nitrogens with one attached hydrogen (secondary N) is 3. The summed E-state index contributed by atoms with van der Waals surface area (Å²) in [6.07, 6.45) is 2.37. The number of hydroxylamine groups is 2. The highest BCUT2D eigenvalue weighted by Gasteiger charge is 2.31. The summed E-state index contributed by atoms with van der Waals surface area (Å²) in [6.45, 7) is 5.23. The molecule has 4 N–H and O–H groups in total. The number of rotatable bonds is 8. The predicted octanol–water partition coefficient (Wildman–Crippen LogP) is 3.87. The average Bonchev–Trinajstić information content (AvgIpc) is 3.12. The second-order valence-corrected chi connectivity index (χ2v) is 8.81. The van der Waals surface area contributed by atoms with E-state index in [0.717, 1.165) is 27.8 Å². The van der Waals surface area contributed by atoms with Crippen LogP contribution in [0.5, 0.6) is 0 Å². The summed E-state index contributed by atoms with van der Waals surface area (Å²) in [7, 11) is 1.66. The Morgan fingerprint density at radius 2 is 2.03 bits per heavy atom. The Hall–Kier alpha value is -3.08. The lowest BCUT2D eigenvalue weighted by molar-refractivity contribution is -0.115. The number of benzene rings is 1. The van der Waals surface area contributed by atoms with Crippen LogP contribution < -0.4 is 15.5 Å². The zero-order valence-electron chi connectivity index (χ0n) is 18.3. The zero-order valence-corrected chi connectivity index (χ0v) is 19.1. The lowest BCUT2D eigenvalue weighted by atomic mass is 10.1. The molecule has 9 nitrogen and oxygen atoms in total. The molecule has 168 valence electrons. The molecule has 3 aromatic rings.